The molecular weight excluding hydrogens is 160 g/mol. The largest absolute Gasteiger partial charge is 0.462 e. The summed E-state index contributed by atoms with van der Waals surface area (Å²) < 4.78 is 4.28. The topological polar surface area (TPSA) is 49.9 Å². The summed E-state index contributed by atoms with van der Waals surface area (Å²) in [7, 11) is 2.99. The van der Waals surface area contributed by atoms with Gasteiger partial charge in [-0.25, -0.2) is 4.79 Å². The Balaban J connectivity index is 2.55. The molecule has 66 valence electrons. The molecule has 1 aliphatic heterocycles. The summed E-state index contributed by atoms with van der Waals surface area (Å²) in [6.45, 7) is 0.397. The van der Waals surface area contributed by atoms with E-state index in [1.807, 2.05) is 0 Å². The number of hydrogen-bond acceptors (Lipinski definition) is 4. The van der Waals surface area contributed by atoms with Crippen LogP contribution in [-0.4, -0.2) is 42.5 Å². The molecule has 5 heteroatoms. The predicted molar refractivity (Wildman–Crippen MR) is 40.6 cm³/mol. The molecule has 0 fully saturated rings. The Morgan fingerprint density at radius 1 is 1.42 bits per heavy atom. The zero-order valence-corrected chi connectivity index (χ0v) is 6.98. The first-order chi connectivity index (χ1) is 5.65. The quantitative estimate of drug-likeness (QED) is 0.358. The van der Waals surface area contributed by atoms with Crippen molar-refractivity contribution in [2.24, 2.45) is 0 Å². The molecule has 0 saturated heterocycles. The van der Waals surface area contributed by atoms with Crippen LogP contribution in [0.15, 0.2) is 12.4 Å². The normalized spacial score (nSPS) is 15.2. The van der Waals surface area contributed by atoms with Gasteiger partial charge in [-0.3, -0.25) is 9.69 Å². The van der Waals surface area contributed by atoms with Gasteiger partial charge in [0.1, 0.15) is 0 Å². The number of ether oxygens (including phenoxy) is 1. The highest BCUT2D eigenvalue weighted by Crippen LogP contribution is 2.03. The molecule has 0 atom stereocenters. The average molecular weight is 170 g/mol. The highest BCUT2D eigenvalue weighted by atomic mass is 16.5. The van der Waals surface area contributed by atoms with Crippen molar-refractivity contribution in [3.63, 3.8) is 0 Å². The summed E-state index contributed by atoms with van der Waals surface area (Å²) in [6, 6.07) is 0. The van der Waals surface area contributed by atoms with Crippen molar-refractivity contribution >= 4 is 11.9 Å². The minimum absolute atomic E-state index is 0.397. The molecule has 1 heterocycles. The van der Waals surface area contributed by atoms with E-state index in [9.17, 15) is 9.59 Å². The Labute approximate surface area is 70.2 Å². The molecule has 0 spiro atoms. The average Bonchev–Trinajstić information content (AvgIpc) is 2.49. The van der Waals surface area contributed by atoms with E-state index in [1.54, 1.807) is 24.3 Å². The van der Waals surface area contributed by atoms with Crippen LogP contribution in [-0.2, 0) is 14.3 Å². The van der Waals surface area contributed by atoms with Crippen LogP contribution >= 0.6 is 0 Å². The van der Waals surface area contributed by atoms with Gasteiger partial charge < -0.3 is 9.64 Å². The summed E-state index contributed by atoms with van der Waals surface area (Å²) >= 11 is 0. The van der Waals surface area contributed by atoms with E-state index in [2.05, 4.69) is 4.74 Å². The van der Waals surface area contributed by atoms with Gasteiger partial charge in [-0.2, -0.15) is 0 Å². The number of carbonyl (C=O) groups excluding carboxylic acids is 2. The van der Waals surface area contributed by atoms with E-state index in [0.717, 1.165) is 0 Å². The maximum atomic E-state index is 11.1. The number of hydrogen-bond donors (Lipinski definition) is 0. The summed E-state index contributed by atoms with van der Waals surface area (Å²) in [5, 5.41) is 0. The molecule has 0 N–H and O–H groups in total. The molecule has 1 rings (SSSR count). The van der Waals surface area contributed by atoms with Crippen LogP contribution in [0.3, 0.4) is 0 Å². The molecule has 1 amide bonds. The molecule has 0 unspecified atom stereocenters. The number of amides is 1. The van der Waals surface area contributed by atoms with Crippen molar-refractivity contribution in [2.75, 3.05) is 20.8 Å². The Bertz CT molecular complexity index is 237. The van der Waals surface area contributed by atoms with Crippen LogP contribution in [0.1, 0.15) is 0 Å². The Morgan fingerprint density at radius 2 is 2.08 bits per heavy atom. The fraction of sp³-hybridized carbons (Fsp3) is 0.429. The first-order valence-electron chi connectivity index (χ1n) is 3.42. The monoisotopic (exact) mass is 170 g/mol. The smallest absolute Gasteiger partial charge is 0.397 e. The van der Waals surface area contributed by atoms with Gasteiger partial charge in [0.05, 0.1) is 13.8 Å². The molecule has 0 aromatic heterocycles. The summed E-state index contributed by atoms with van der Waals surface area (Å²) in [6.07, 6.45) is 3.25. The third kappa shape index (κ3) is 1.55. The lowest BCUT2D eigenvalue weighted by atomic mass is 10.5. The van der Waals surface area contributed by atoms with Crippen LogP contribution in [0, 0.1) is 0 Å². The fourth-order valence-electron chi connectivity index (χ4n) is 0.865. The third-order valence-electron chi connectivity index (χ3n) is 1.50. The third-order valence-corrected chi connectivity index (χ3v) is 1.50. The van der Waals surface area contributed by atoms with Gasteiger partial charge >= 0.3 is 11.9 Å². The number of rotatable bonds is 0. The van der Waals surface area contributed by atoms with E-state index >= 15 is 0 Å². The molecule has 0 aromatic carbocycles. The lowest BCUT2D eigenvalue weighted by Gasteiger charge is -2.14. The van der Waals surface area contributed by atoms with E-state index in [1.165, 1.54) is 12.0 Å². The minimum Gasteiger partial charge on any atom is -0.462 e. The Hall–Kier alpha value is -1.52. The van der Waals surface area contributed by atoms with E-state index in [-0.39, 0.29) is 0 Å². The van der Waals surface area contributed by atoms with Crippen molar-refractivity contribution in [2.45, 2.75) is 0 Å². The first kappa shape index (κ1) is 8.58. The van der Waals surface area contributed by atoms with Crippen molar-refractivity contribution in [3.8, 4) is 0 Å². The summed E-state index contributed by atoms with van der Waals surface area (Å²) in [5.74, 6) is -1.48. The maximum absolute atomic E-state index is 11.1. The molecular formula is C7H10N2O3. The molecule has 0 radical (unpaired) electrons. The number of nitrogens with zero attached hydrogens (tertiary/aromatic N) is 2. The molecule has 1 aliphatic rings. The molecule has 5 nitrogen and oxygen atoms in total. The van der Waals surface area contributed by atoms with Crippen LogP contribution in [0.5, 0.6) is 0 Å². The second-order valence-electron chi connectivity index (χ2n) is 2.46. The van der Waals surface area contributed by atoms with Gasteiger partial charge in [-0.1, -0.05) is 0 Å². The van der Waals surface area contributed by atoms with Gasteiger partial charge in [0.2, 0.25) is 0 Å². The number of carbonyl (C=O) groups is 2. The SMILES string of the molecule is COC(=O)C(=O)N1C=CN(C)C1. The van der Waals surface area contributed by atoms with Crippen molar-refractivity contribution < 1.29 is 14.3 Å². The minimum atomic E-state index is -0.838. The molecule has 0 bridgehead atoms. The van der Waals surface area contributed by atoms with Gasteiger partial charge in [-0.15, -0.1) is 0 Å². The second kappa shape index (κ2) is 3.25. The highest BCUT2D eigenvalue weighted by Gasteiger charge is 2.23. The predicted octanol–water partition coefficient (Wildman–Crippen LogP) is -0.638. The Morgan fingerprint density at radius 3 is 2.50 bits per heavy atom. The van der Waals surface area contributed by atoms with Gasteiger partial charge in [0, 0.05) is 19.4 Å². The molecule has 0 saturated carbocycles. The molecule has 12 heavy (non-hydrogen) atoms. The van der Waals surface area contributed by atoms with Crippen LogP contribution in [0.4, 0.5) is 0 Å². The Kier molecular flexibility index (Phi) is 2.32. The second-order valence-corrected chi connectivity index (χ2v) is 2.46. The zero-order chi connectivity index (χ0) is 9.14. The van der Waals surface area contributed by atoms with Gasteiger partial charge in [0.15, 0.2) is 0 Å². The highest BCUT2D eigenvalue weighted by molar-refractivity contribution is 6.32. The number of methoxy groups -OCH3 is 1. The van der Waals surface area contributed by atoms with Gasteiger partial charge in [-0.05, 0) is 0 Å². The molecule has 0 aromatic rings. The zero-order valence-electron chi connectivity index (χ0n) is 6.98. The fourth-order valence-corrected chi connectivity index (χ4v) is 0.865. The van der Waals surface area contributed by atoms with E-state index in [4.69, 9.17) is 0 Å². The van der Waals surface area contributed by atoms with Crippen molar-refractivity contribution in [3.05, 3.63) is 12.4 Å². The van der Waals surface area contributed by atoms with Crippen molar-refractivity contribution in [1.29, 1.82) is 0 Å². The number of esters is 1. The summed E-state index contributed by atoms with van der Waals surface area (Å²) in [4.78, 5) is 24.9. The lowest BCUT2D eigenvalue weighted by Crippen LogP contribution is -2.34. The van der Waals surface area contributed by atoms with Crippen LogP contribution in [0.25, 0.3) is 0 Å². The lowest BCUT2D eigenvalue weighted by molar-refractivity contribution is -0.157. The summed E-state index contributed by atoms with van der Waals surface area (Å²) in [5.41, 5.74) is 0. The van der Waals surface area contributed by atoms with E-state index in [0.29, 0.717) is 6.67 Å². The first-order valence-corrected chi connectivity index (χ1v) is 3.42. The van der Waals surface area contributed by atoms with Crippen LogP contribution in [0.2, 0.25) is 0 Å². The molecule has 0 aliphatic carbocycles. The van der Waals surface area contributed by atoms with Crippen LogP contribution < -0.4 is 0 Å². The maximum Gasteiger partial charge on any atom is 0.397 e. The van der Waals surface area contributed by atoms with Gasteiger partial charge in [0.25, 0.3) is 0 Å². The van der Waals surface area contributed by atoms with Crippen molar-refractivity contribution in [1.82, 2.24) is 9.80 Å². The van der Waals surface area contributed by atoms with E-state index < -0.39 is 11.9 Å². The standard InChI is InChI=1S/C7H10N2O3/c1-8-3-4-9(5-8)6(10)7(11)12-2/h3-4H,5H2,1-2H3.